The number of hydrogen-bond donors (Lipinski definition) is 1. The van der Waals surface area contributed by atoms with Gasteiger partial charge in [0, 0.05) is 30.8 Å². The normalized spacial score (nSPS) is 20.6. The SMILES string of the molecule is O=C(CSc1nnc(C[C@@H]2CCS(=O)(=O)C2)o1)Nc1ccc(N2CCCC2=O)cc1. The quantitative estimate of drug-likeness (QED) is 0.635. The molecular formula is C19H22N4O5S2. The lowest BCUT2D eigenvalue weighted by Crippen LogP contribution is -2.23. The molecule has 1 atom stereocenters. The van der Waals surface area contributed by atoms with Crippen LogP contribution in [-0.4, -0.2) is 54.2 Å². The Bertz CT molecular complexity index is 1040. The lowest BCUT2D eigenvalue weighted by molar-refractivity contribution is -0.117. The first-order chi connectivity index (χ1) is 14.4. The summed E-state index contributed by atoms with van der Waals surface area (Å²) in [6.45, 7) is 0.726. The third-order valence-electron chi connectivity index (χ3n) is 5.10. The summed E-state index contributed by atoms with van der Waals surface area (Å²) in [6, 6.07) is 7.17. The van der Waals surface area contributed by atoms with E-state index in [9.17, 15) is 18.0 Å². The number of carbonyl (C=O) groups excluding carboxylic acids is 2. The molecule has 0 bridgehead atoms. The van der Waals surface area contributed by atoms with Crippen molar-refractivity contribution < 1.29 is 22.4 Å². The van der Waals surface area contributed by atoms with Crippen molar-refractivity contribution in [3.8, 4) is 0 Å². The summed E-state index contributed by atoms with van der Waals surface area (Å²) in [5, 5.41) is 10.9. The van der Waals surface area contributed by atoms with Crippen LogP contribution in [0.15, 0.2) is 33.9 Å². The molecule has 2 aromatic rings. The second-order valence-corrected chi connectivity index (χ2v) is 10.6. The highest BCUT2D eigenvalue weighted by atomic mass is 32.2. The molecule has 160 valence electrons. The molecule has 0 aliphatic carbocycles. The second kappa shape index (κ2) is 8.76. The van der Waals surface area contributed by atoms with Crippen LogP contribution in [0.5, 0.6) is 0 Å². The molecule has 9 nitrogen and oxygen atoms in total. The molecule has 0 unspecified atom stereocenters. The third-order valence-corrected chi connectivity index (χ3v) is 7.76. The van der Waals surface area contributed by atoms with Crippen molar-refractivity contribution in [1.82, 2.24) is 10.2 Å². The number of anilines is 2. The third kappa shape index (κ3) is 5.20. The number of nitrogens with one attached hydrogen (secondary N) is 1. The highest BCUT2D eigenvalue weighted by Gasteiger charge is 2.29. The average Bonchev–Trinajstić information content (AvgIpc) is 3.42. The molecule has 4 rings (SSSR count). The molecule has 1 N–H and O–H groups in total. The molecule has 0 spiro atoms. The second-order valence-electron chi connectivity index (χ2n) is 7.47. The smallest absolute Gasteiger partial charge is 0.277 e. The largest absolute Gasteiger partial charge is 0.416 e. The van der Waals surface area contributed by atoms with Gasteiger partial charge in [-0.3, -0.25) is 9.59 Å². The minimum atomic E-state index is -2.94. The molecule has 2 amide bonds. The monoisotopic (exact) mass is 450 g/mol. The number of hydrogen-bond acceptors (Lipinski definition) is 8. The Kier molecular flexibility index (Phi) is 6.09. The molecule has 1 aromatic carbocycles. The Morgan fingerprint density at radius 2 is 2.07 bits per heavy atom. The zero-order valence-electron chi connectivity index (χ0n) is 16.2. The Labute approximate surface area is 178 Å². The van der Waals surface area contributed by atoms with Gasteiger partial charge in [0.1, 0.15) is 0 Å². The molecule has 2 aliphatic heterocycles. The standard InChI is InChI=1S/C19H22N4O5S2/c24-16(20-14-3-5-15(6-4-14)23-8-1-2-18(23)25)11-29-19-22-21-17(28-19)10-13-7-9-30(26,27)12-13/h3-6,13H,1-2,7-12H2,(H,20,24)/t13-/m0/s1. The van der Waals surface area contributed by atoms with Gasteiger partial charge in [-0.15, -0.1) is 10.2 Å². The molecule has 0 saturated carbocycles. The zero-order valence-corrected chi connectivity index (χ0v) is 17.9. The van der Waals surface area contributed by atoms with Gasteiger partial charge in [-0.05, 0) is 43.0 Å². The van der Waals surface area contributed by atoms with Crippen LogP contribution in [0, 0.1) is 5.92 Å². The molecule has 2 saturated heterocycles. The molecule has 2 fully saturated rings. The molecule has 1 aromatic heterocycles. The fraction of sp³-hybridized carbons (Fsp3) is 0.474. The summed E-state index contributed by atoms with van der Waals surface area (Å²) in [5.74, 6) is 0.783. The van der Waals surface area contributed by atoms with Crippen LogP contribution in [-0.2, 0) is 25.8 Å². The molecule has 2 aliphatic rings. The molecule has 3 heterocycles. The number of benzene rings is 1. The number of sulfone groups is 1. The van der Waals surface area contributed by atoms with Gasteiger partial charge in [0.2, 0.25) is 17.7 Å². The van der Waals surface area contributed by atoms with Crippen LogP contribution in [0.4, 0.5) is 11.4 Å². The highest BCUT2D eigenvalue weighted by Crippen LogP contribution is 2.25. The first kappa shape index (κ1) is 20.9. The number of nitrogens with zero attached hydrogens (tertiary/aromatic N) is 3. The van der Waals surface area contributed by atoms with Crippen molar-refractivity contribution in [1.29, 1.82) is 0 Å². The Morgan fingerprint density at radius 3 is 2.73 bits per heavy atom. The van der Waals surface area contributed by atoms with Crippen LogP contribution < -0.4 is 10.2 Å². The number of thioether (sulfide) groups is 1. The van der Waals surface area contributed by atoms with Crippen LogP contribution in [0.25, 0.3) is 0 Å². The average molecular weight is 451 g/mol. The fourth-order valence-corrected chi connectivity index (χ4v) is 6.07. The Balaban J connectivity index is 1.24. The van der Waals surface area contributed by atoms with Gasteiger partial charge < -0.3 is 14.6 Å². The van der Waals surface area contributed by atoms with E-state index >= 15 is 0 Å². The summed E-state index contributed by atoms with van der Waals surface area (Å²) < 4.78 is 28.6. The lowest BCUT2D eigenvalue weighted by Gasteiger charge is -2.16. The van der Waals surface area contributed by atoms with Crippen LogP contribution in [0.2, 0.25) is 0 Å². The summed E-state index contributed by atoms with van der Waals surface area (Å²) >= 11 is 1.13. The van der Waals surface area contributed by atoms with E-state index in [-0.39, 0.29) is 40.2 Å². The van der Waals surface area contributed by atoms with E-state index in [1.54, 1.807) is 17.0 Å². The van der Waals surface area contributed by atoms with E-state index in [0.29, 0.717) is 30.8 Å². The van der Waals surface area contributed by atoms with Gasteiger partial charge in [-0.2, -0.15) is 0 Å². The summed E-state index contributed by atoms with van der Waals surface area (Å²) in [6.07, 6.45) is 2.49. The molecule has 0 radical (unpaired) electrons. The van der Waals surface area contributed by atoms with E-state index < -0.39 is 9.84 Å². The predicted octanol–water partition coefficient (Wildman–Crippen LogP) is 1.90. The van der Waals surface area contributed by atoms with Crippen molar-refractivity contribution in [2.45, 2.75) is 30.9 Å². The van der Waals surface area contributed by atoms with Gasteiger partial charge >= 0.3 is 0 Å². The predicted molar refractivity (Wildman–Crippen MR) is 112 cm³/mol. The summed E-state index contributed by atoms with van der Waals surface area (Å²) in [4.78, 5) is 25.7. The van der Waals surface area contributed by atoms with Crippen molar-refractivity contribution in [3.05, 3.63) is 30.2 Å². The lowest BCUT2D eigenvalue weighted by atomic mass is 10.1. The number of rotatable bonds is 7. The van der Waals surface area contributed by atoms with Crippen molar-refractivity contribution >= 4 is 44.8 Å². The van der Waals surface area contributed by atoms with Gasteiger partial charge in [0.15, 0.2) is 9.84 Å². The van der Waals surface area contributed by atoms with E-state index in [1.807, 2.05) is 12.1 Å². The van der Waals surface area contributed by atoms with Crippen molar-refractivity contribution in [3.63, 3.8) is 0 Å². The Morgan fingerprint density at radius 1 is 1.27 bits per heavy atom. The van der Waals surface area contributed by atoms with E-state index in [0.717, 1.165) is 30.4 Å². The zero-order chi connectivity index (χ0) is 21.1. The first-order valence-corrected chi connectivity index (χ1v) is 12.5. The van der Waals surface area contributed by atoms with Gasteiger partial charge in [0.05, 0.1) is 17.3 Å². The van der Waals surface area contributed by atoms with E-state index in [4.69, 9.17) is 4.42 Å². The maximum atomic E-state index is 12.2. The van der Waals surface area contributed by atoms with Crippen LogP contribution in [0.1, 0.15) is 25.2 Å². The maximum absolute atomic E-state index is 12.2. The highest BCUT2D eigenvalue weighted by molar-refractivity contribution is 7.99. The maximum Gasteiger partial charge on any atom is 0.277 e. The molecule has 30 heavy (non-hydrogen) atoms. The summed E-state index contributed by atoms with van der Waals surface area (Å²) in [7, 11) is -2.94. The topological polar surface area (TPSA) is 122 Å². The first-order valence-electron chi connectivity index (χ1n) is 9.74. The molecule has 11 heteroatoms. The molecular weight excluding hydrogens is 428 g/mol. The van der Waals surface area contributed by atoms with Gasteiger partial charge in [0.25, 0.3) is 5.22 Å². The number of aromatic nitrogens is 2. The van der Waals surface area contributed by atoms with Gasteiger partial charge in [-0.1, -0.05) is 11.8 Å². The van der Waals surface area contributed by atoms with Gasteiger partial charge in [-0.25, -0.2) is 8.42 Å². The van der Waals surface area contributed by atoms with E-state index in [2.05, 4.69) is 15.5 Å². The number of carbonyl (C=O) groups is 2. The van der Waals surface area contributed by atoms with Crippen LogP contribution in [0.3, 0.4) is 0 Å². The fourth-order valence-electron chi connectivity index (χ4n) is 3.63. The van der Waals surface area contributed by atoms with Crippen LogP contribution >= 0.6 is 11.8 Å². The van der Waals surface area contributed by atoms with Crippen molar-refractivity contribution in [2.24, 2.45) is 5.92 Å². The Hall–Kier alpha value is -2.40. The summed E-state index contributed by atoms with van der Waals surface area (Å²) in [5.41, 5.74) is 1.47. The minimum absolute atomic E-state index is 0.00965. The minimum Gasteiger partial charge on any atom is -0.416 e. The number of amides is 2. The van der Waals surface area contributed by atoms with E-state index in [1.165, 1.54) is 0 Å². The van der Waals surface area contributed by atoms with Crippen molar-refractivity contribution in [2.75, 3.05) is 34.0 Å².